The Bertz CT molecular complexity index is 1170. The van der Waals surface area contributed by atoms with Crippen LogP contribution in [0.25, 0.3) is 0 Å². The molecule has 1 aromatic rings. The zero-order valence-corrected chi connectivity index (χ0v) is 27.8. The summed E-state index contributed by atoms with van der Waals surface area (Å²) in [5.74, 6) is -3.34. The quantitative estimate of drug-likeness (QED) is 0.205. The Hall–Kier alpha value is -3.43. The van der Waals surface area contributed by atoms with E-state index >= 15 is 8.78 Å². The number of nitriles is 1. The molecule has 0 aromatic heterocycles. The summed E-state index contributed by atoms with van der Waals surface area (Å²) in [5, 5.41) is 19.4. The first-order chi connectivity index (χ1) is 20.8. The lowest BCUT2D eigenvalue weighted by atomic mass is 9.78. The number of carbonyl (C=O) groups is 1. The Balaban J connectivity index is 0.00000182. The third-order valence-corrected chi connectivity index (χ3v) is 7.62. The highest BCUT2D eigenvalue weighted by Gasteiger charge is 2.46. The number of terminal acetylenes is 1. The summed E-state index contributed by atoms with van der Waals surface area (Å²) in [6.07, 6.45) is 15.4. The average Bonchev–Trinajstić information content (AvgIpc) is 3.29. The number of benzene rings is 1. The van der Waals surface area contributed by atoms with E-state index in [4.69, 9.17) is 0 Å². The molecule has 0 bridgehead atoms. The van der Waals surface area contributed by atoms with Gasteiger partial charge >= 0.3 is 0 Å². The molecule has 1 aromatic carbocycles. The number of carbonyl (C=O) groups excluding carboxylic acids is 1. The Morgan fingerprint density at radius 3 is 2.50 bits per heavy atom. The molecule has 44 heavy (non-hydrogen) atoms. The number of amides is 1. The fourth-order valence-corrected chi connectivity index (χ4v) is 5.37. The number of halogens is 2. The fraction of sp³-hybridized carbons (Fsp3) is 0.629. The molecule has 2 atom stereocenters. The summed E-state index contributed by atoms with van der Waals surface area (Å²) in [4.78, 5) is 23.3. The maximum Gasteiger partial charge on any atom is 0.252 e. The molecule has 2 aliphatic rings. The van der Waals surface area contributed by atoms with E-state index in [-0.39, 0.29) is 24.8 Å². The van der Waals surface area contributed by atoms with E-state index in [9.17, 15) is 15.2 Å². The minimum absolute atomic E-state index is 0.0571. The molecule has 0 saturated heterocycles. The van der Waals surface area contributed by atoms with Crippen LogP contribution in [0.15, 0.2) is 35.1 Å². The van der Waals surface area contributed by atoms with Crippen LogP contribution in [0.5, 0.6) is 0 Å². The zero-order chi connectivity index (χ0) is 33.5. The van der Waals surface area contributed by atoms with E-state index in [0.29, 0.717) is 50.3 Å². The lowest BCUT2D eigenvalue weighted by Crippen LogP contribution is -2.46. The molecule has 1 aliphatic heterocycles. The van der Waals surface area contributed by atoms with E-state index in [1.807, 2.05) is 36.8 Å². The van der Waals surface area contributed by atoms with Gasteiger partial charge in [0.15, 0.2) is 0 Å². The number of hydrogen-bond donors (Lipinski definition) is 1. The van der Waals surface area contributed by atoms with Gasteiger partial charge in [-0.2, -0.15) is 5.26 Å². The van der Waals surface area contributed by atoms with Crippen molar-refractivity contribution in [2.75, 3.05) is 36.6 Å². The highest BCUT2D eigenvalue weighted by Crippen LogP contribution is 2.44. The van der Waals surface area contributed by atoms with Gasteiger partial charge in [-0.1, -0.05) is 33.6 Å². The molecular formula is C35H53F2N5O2. The van der Waals surface area contributed by atoms with Gasteiger partial charge in [-0.15, -0.1) is 12.8 Å². The minimum Gasteiger partial charge on any atom is -0.390 e. The van der Waals surface area contributed by atoms with Gasteiger partial charge in [-0.3, -0.25) is 9.69 Å². The summed E-state index contributed by atoms with van der Waals surface area (Å²) in [7, 11) is 1.92. The van der Waals surface area contributed by atoms with Crippen molar-refractivity contribution in [2.45, 2.75) is 104 Å². The smallest absolute Gasteiger partial charge is 0.252 e. The SMILES string of the molecule is C#C.C/C=C(\N=C/CC(C)(C)O)N(CC1CCC(F)(F)C(CN2CN(C)c3ccc(C#N)cc32)C1)C(=O)CCCC.CCC. The van der Waals surface area contributed by atoms with Crippen LogP contribution in [0.2, 0.25) is 0 Å². The topological polar surface area (TPSA) is 83.2 Å². The number of unbranched alkanes of at least 4 members (excludes halogenated alkanes) is 1. The van der Waals surface area contributed by atoms with E-state index in [2.05, 4.69) is 37.8 Å². The molecule has 1 N–H and O–H groups in total. The van der Waals surface area contributed by atoms with E-state index in [1.54, 1.807) is 43.2 Å². The van der Waals surface area contributed by atoms with Crippen LogP contribution in [-0.2, 0) is 4.79 Å². The van der Waals surface area contributed by atoms with Gasteiger partial charge in [0.25, 0.3) is 5.92 Å². The van der Waals surface area contributed by atoms with Gasteiger partial charge in [0, 0.05) is 51.5 Å². The largest absolute Gasteiger partial charge is 0.390 e. The molecule has 1 heterocycles. The number of alkyl halides is 2. The second-order valence-corrected chi connectivity index (χ2v) is 12.3. The molecule has 1 saturated carbocycles. The van der Waals surface area contributed by atoms with Crippen LogP contribution in [0.1, 0.15) is 98.5 Å². The number of aliphatic hydroxyl groups is 1. The molecule has 3 rings (SSSR count). The van der Waals surface area contributed by atoms with Gasteiger partial charge in [0.05, 0.1) is 35.3 Å². The first-order valence-electron chi connectivity index (χ1n) is 15.7. The van der Waals surface area contributed by atoms with Crippen LogP contribution in [0.3, 0.4) is 0 Å². The molecular weight excluding hydrogens is 560 g/mol. The van der Waals surface area contributed by atoms with Gasteiger partial charge < -0.3 is 14.9 Å². The number of hydrogen-bond acceptors (Lipinski definition) is 6. The van der Waals surface area contributed by atoms with Gasteiger partial charge in [-0.25, -0.2) is 13.8 Å². The number of allylic oxidation sites excluding steroid dienone is 1. The normalized spacial score (nSPS) is 19.3. The molecule has 1 fully saturated rings. The molecule has 2 unspecified atom stereocenters. The van der Waals surface area contributed by atoms with E-state index in [1.165, 1.54) is 6.42 Å². The summed E-state index contributed by atoms with van der Waals surface area (Å²) in [6, 6.07) is 7.53. The van der Waals surface area contributed by atoms with Crippen molar-refractivity contribution in [3.8, 4) is 18.9 Å². The van der Waals surface area contributed by atoms with Crippen molar-refractivity contribution in [3.63, 3.8) is 0 Å². The fourth-order valence-electron chi connectivity index (χ4n) is 5.37. The Labute approximate surface area is 264 Å². The molecule has 1 amide bonds. The van der Waals surface area contributed by atoms with Crippen molar-refractivity contribution in [3.05, 3.63) is 35.7 Å². The third kappa shape index (κ3) is 11.6. The first kappa shape index (κ1) is 38.6. The maximum atomic E-state index is 15.2. The van der Waals surface area contributed by atoms with Crippen molar-refractivity contribution in [1.82, 2.24) is 4.90 Å². The molecule has 7 nitrogen and oxygen atoms in total. The maximum absolute atomic E-state index is 15.2. The van der Waals surface area contributed by atoms with Gasteiger partial charge in [0.1, 0.15) is 5.82 Å². The van der Waals surface area contributed by atoms with Crippen molar-refractivity contribution < 1.29 is 18.7 Å². The Morgan fingerprint density at radius 1 is 1.27 bits per heavy atom. The second kappa shape index (κ2) is 18.4. The number of nitrogens with zero attached hydrogens (tertiary/aromatic N) is 5. The summed E-state index contributed by atoms with van der Waals surface area (Å²) >= 11 is 0. The lowest BCUT2D eigenvalue weighted by Gasteiger charge is -2.40. The van der Waals surface area contributed by atoms with Crippen molar-refractivity contribution in [2.24, 2.45) is 16.8 Å². The van der Waals surface area contributed by atoms with Crippen molar-refractivity contribution >= 4 is 23.5 Å². The summed E-state index contributed by atoms with van der Waals surface area (Å²) < 4.78 is 30.5. The van der Waals surface area contributed by atoms with Crippen LogP contribution in [0, 0.1) is 36.0 Å². The predicted molar refractivity (Wildman–Crippen MR) is 178 cm³/mol. The lowest BCUT2D eigenvalue weighted by molar-refractivity contribution is -0.131. The van der Waals surface area contributed by atoms with E-state index < -0.39 is 17.4 Å². The minimum atomic E-state index is -2.81. The Morgan fingerprint density at radius 2 is 1.93 bits per heavy atom. The third-order valence-electron chi connectivity index (χ3n) is 7.62. The number of fused-ring (bicyclic) bond motifs is 1. The number of aliphatic imine (C=N–C) groups is 1. The number of rotatable bonds is 11. The molecule has 9 heteroatoms. The summed E-state index contributed by atoms with van der Waals surface area (Å²) in [5.41, 5.74) is 1.33. The monoisotopic (exact) mass is 613 g/mol. The predicted octanol–water partition coefficient (Wildman–Crippen LogP) is 7.60. The zero-order valence-electron chi connectivity index (χ0n) is 27.8. The van der Waals surface area contributed by atoms with Crippen molar-refractivity contribution in [1.29, 1.82) is 5.26 Å². The highest BCUT2D eigenvalue weighted by molar-refractivity contribution is 5.79. The van der Waals surface area contributed by atoms with Crippen LogP contribution in [0.4, 0.5) is 20.2 Å². The van der Waals surface area contributed by atoms with Crippen LogP contribution < -0.4 is 9.80 Å². The van der Waals surface area contributed by atoms with Gasteiger partial charge in [0.2, 0.25) is 5.91 Å². The number of anilines is 2. The molecule has 1 aliphatic carbocycles. The molecule has 0 spiro atoms. The van der Waals surface area contributed by atoms with Gasteiger partial charge in [-0.05, 0) is 70.2 Å². The van der Waals surface area contributed by atoms with E-state index in [0.717, 1.165) is 24.2 Å². The van der Waals surface area contributed by atoms with Crippen LogP contribution >= 0.6 is 0 Å². The standard InChI is InChI=1S/C30H43F2N5O2.C3H8.C2H2/c1-6-8-9-28(38)37(27(7-2)34-15-14-29(3,4)39)19-23-12-13-30(31,32)24(16-23)20-36-21-35(5)25-11-10-22(18-33)17-26(25)36;1-3-2;1-2/h7,10-11,15,17,23-24,39H,6,8-9,12-14,16,19-21H2,1-5H3;3H2,1-2H3;1-2H/b27-7+,34-15-;;. The average molecular weight is 614 g/mol. The molecule has 244 valence electrons. The Kier molecular flexibility index (Phi) is 16.1. The summed E-state index contributed by atoms with van der Waals surface area (Å²) in [6.45, 7) is 12.5. The van der Waals surface area contributed by atoms with Crippen LogP contribution in [-0.4, -0.2) is 60.5 Å². The molecule has 0 radical (unpaired) electrons. The highest BCUT2D eigenvalue weighted by atomic mass is 19.3. The first-order valence-corrected chi connectivity index (χ1v) is 15.7. The second-order valence-electron chi connectivity index (χ2n) is 12.3.